The van der Waals surface area contributed by atoms with E-state index in [4.69, 9.17) is 4.74 Å². The number of thioether (sulfide) groups is 1. The van der Waals surface area contributed by atoms with Crippen molar-refractivity contribution < 1.29 is 9.53 Å². The van der Waals surface area contributed by atoms with Crippen molar-refractivity contribution in [1.29, 1.82) is 0 Å². The molecule has 2 amide bonds. The smallest absolute Gasteiger partial charge is 0.317 e. The van der Waals surface area contributed by atoms with Gasteiger partial charge in [-0.2, -0.15) is 0 Å². The fourth-order valence-electron chi connectivity index (χ4n) is 3.17. The quantitative estimate of drug-likeness (QED) is 0.723. The predicted octanol–water partition coefficient (Wildman–Crippen LogP) is 3.58. The number of benzene rings is 2. The van der Waals surface area contributed by atoms with Crippen molar-refractivity contribution in [3.63, 3.8) is 0 Å². The van der Waals surface area contributed by atoms with Gasteiger partial charge < -0.3 is 15.0 Å². The Balaban J connectivity index is 1.43. The Hall–Kier alpha value is -2.02. The number of hydrogen-bond acceptors (Lipinski definition) is 4. The highest BCUT2D eigenvalue weighted by atomic mass is 32.2. The number of morpholine rings is 1. The van der Waals surface area contributed by atoms with Gasteiger partial charge >= 0.3 is 6.03 Å². The van der Waals surface area contributed by atoms with Gasteiger partial charge in [-0.3, -0.25) is 4.90 Å². The zero-order chi connectivity index (χ0) is 19.8. The first-order valence-electron chi connectivity index (χ1n) is 9.64. The molecule has 0 bridgehead atoms. The number of ether oxygens (including phenoxy) is 1. The highest BCUT2D eigenvalue weighted by Crippen LogP contribution is 2.15. The van der Waals surface area contributed by atoms with E-state index in [2.05, 4.69) is 65.0 Å². The summed E-state index contributed by atoms with van der Waals surface area (Å²) in [4.78, 5) is 17.7. The first kappa shape index (κ1) is 20.7. The Morgan fingerprint density at radius 1 is 1.04 bits per heavy atom. The second kappa shape index (κ2) is 10.5. The van der Waals surface area contributed by atoms with Gasteiger partial charge in [0.25, 0.3) is 0 Å². The van der Waals surface area contributed by atoms with Gasteiger partial charge in [0, 0.05) is 44.7 Å². The van der Waals surface area contributed by atoms with Gasteiger partial charge in [-0.05, 0) is 35.1 Å². The second-order valence-corrected chi connectivity index (χ2v) is 7.95. The van der Waals surface area contributed by atoms with Crippen LogP contribution in [-0.2, 0) is 24.4 Å². The fourth-order valence-corrected chi connectivity index (χ4v) is 3.58. The summed E-state index contributed by atoms with van der Waals surface area (Å²) in [6.45, 7) is 5.70. The molecule has 1 heterocycles. The molecule has 0 atom stereocenters. The number of carbonyl (C=O) groups is 1. The van der Waals surface area contributed by atoms with Crippen LogP contribution in [0.15, 0.2) is 53.4 Å². The largest absolute Gasteiger partial charge is 0.379 e. The van der Waals surface area contributed by atoms with Crippen LogP contribution < -0.4 is 5.32 Å². The molecule has 28 heavy (non-hydrogen) atoms. The molecular weight excluding hydrogens is 370 g/mol. The summed E-state index contributed by atoms with van der Waals surface area (Å²) in [5.41, 5.74) is 3.53. The minimum absolute atomic E-state index is 0.0636. The molecule has 150 valence electrons. The molecule has 2 aromatic rings. The third kappa shape index (κ3) is 6.26. The van der Waals surface area contributed by atoms with Gasteiger partial charge in [-0.25, -0.2) is 4.79 Å². The third-order valence-electron chi connectivity index (χ3n) is 4.90. The zero-order valence-corrected chi connectivity index (χ0v) is 17.5. The summed E-state index contributed by atoms with van der Waals surface area (Å²) in [7, 11) is 1.82. The molecule has 0 unspecified atom stereocenters. The van der Waals surface area contributed by atoms with Gasteiger partial charge in [0.05, 0.1) is 13.2 Å². The first-order chi connectivity index (χ1) is 13.6. The van der Waals surface area contributed by atoms with Crippen molar-refractivity contribution >= 4 is 17.8 Å². The molecule has 3 rings (SSSR count). The van der Waals surface area contributed by atoms with Crippen LogP contribution in [0.3, 0.4) is 0 Å². The van der Waals surface area contributed by atoms with Crippen LogP contribution in [0.2, 0.25) is 0 Å². The average Bonchev–Trinajstić information content (AvgIpc) is 2.74. The molecule has 0 aliphatic carbocycles. The van der Waals surface area contributed by atoms with E-state index < -0.39 is 0 Å². The van der Waals surface area contributed by atoms with E-state index in [1.807, 2.05) is 7.05 Å². The summed E-state index contributed by atoms with van der Waals surface area (Å²) in [5, 5.41) is 3.00. The molecule has 2 aromatic carbocycles. The molecule has 0 radical (unpaired) electrons. The van der Waals surface area contributed by atoms with E-state index in [1.54, 1.807) is 16.7 Å². The lowest BCUT2D eigenvalue weighted by Gasteiger charge is -2.26. The molecule has 0 saturated carbocycles. The van der Waals surface area contributed by atoms with Crippen molar-refractivity contribution in [2.75, 3.05) is 39.6 Å². The monoisotopic (exact) mass is 399 g/mol. The van der Waals surface area contributed by atoms with Crippen LogP contribution in [0.5, 0.6) is 0 Å². The number of urea groups is 1. The van der Waals surface area contributed by atoms with Crippen molar-refractivity contribution in [2.45, 2.75) is 24.5 Å². The normalized spacial score (nSPS) is 14.6. The SMILES string of the molecule is CSc1ccc(CN(C)C(=O)NCc2ccc(CN3CCOCC3)cc2)cc1. The average molecular weight is 400 g/mol. The molecule has 1 fully saturated rings. The zero-order valence-electron chi connectivity index (χ0n) is 16.7. The molecule has 1 saturated heterocycles. The third-order valence-corrected chi connectivity index (χ3v) is 5.65. The molecule has 1 N–H and O–H groups in total. The minimum atomic E-state index is -0.0636. The molecule has 1 aliphatic rings. The molecule has 5 nitrogen and oxygen atoms in total. The maximum atomic E-state index is 12.4. The summed E-state index contributed by atoms with van der Waals surface area (Å²) in [6.07, 6.45) is 2.06. The Bertz CT molecular complexity index is 743. The Morgan fingerprint density at radius 3 is 2.29 bits per heavy atom. The van der Waals surface area contributed by atoms with E-state index in [0.717, 1.165) is 44.0 Å². The minimum Gasteiger partial charge on any atom is -0.379 e. The summed E-state index contributed by atoms with van der Waals surface area (Å²) >= 11 is 1.72. The molecule has 0 spiro atoms. The van der Waals surface area contributed by atoms with E-state index >= 15 is 0 Å². The molecular formula is C22H29N3O2S. The standard InChI is InChI=1S/C22H29N3O2S/c1-24(16-19-7-9-21(28-2)10-8-19)22(26)23-15-18-3-5-20(6-4-18)17-25-11-13-27-14-12-25/h3-10H,11-17H2,1-2H3,(H,23,26). The fraction of sp³-hybridized carbons (Fsp3) is 0.409. The Labute approximate surface area is 172 Å². The topological polar surface area (TPSA) is 44.8 Å². The molecule has 1 aliphatic heterocycles. The van der Waals surface area contributed by atoms with Crippen LogP contribution in [0.1, 0.15) is 16.7 Å². The van der Waals surface area contributed by atoms with Crippen LogP contribution in [0.25, 0.3) is 0 Å². The van der Waals surface area contributed by atoms with Gasteiger partial charge in [0.1, 0.15) is 0 Å². The van der Waals surface area contributed by atoms with Gasteiger partial charge in [-0.1, -0.05) is 36.4 Å². The van der Waals surface area contributed by atoms with Crippen LogP contribution in [-0.4, -0.2) is 55.4 Å². The lowest BCUT2D eigenvalue weighted by atomic mass is 10.1. The molecule has 6 heteroatoms. The lowest BCUT2D eigenvalue weighted by molar-refractivity contribution is 0.0342. The van der Waals surface area contributed by atoms with Gasteiger partial charge in [0.15, 0.2) is 0 Å². The number of nitrogens with zero attached hydrogens (tertiary/aromatic N) is 2. The number of hydrogen-bond donors (Lipinski definition) is 1. The van der Waals surface area contributed by atoms with Gasteiger partial charge in [0.2, 0.25) is 0 Å². The Morgan fingerprint density at radius 2 is 1.64 bits per heavy atom. The van der Waals surface area contributed by atoms with E-state index in [0.29, 0.717) is 13.1 Å². The number of carbonyl (C=O) groups excluding carboxylic acids is 1. The van der Waals surface area contributed by atoms with Crippen LogP contribution in [0, 0.1) is 0 Å². The first-order valence-corrected chi connectivity index (χ1v) is 10.9. The van der Waals surface area contributed by atoms with Crippen LogP contribution >= 0.6 is 11.8 Å². The van der Waals surface area contributed by atoms with Crippen LogP contribution in [0.4, 0.5) is 4.79 Å². The number of nitrogens with one attached hydrogen (secondary N) is 1. The van der Waals surface area contributed by atoms with E-state index in [1.165, 1.54) is 10.5 Å². The highest BCUT2D eigenvalue weighted by Gasteiger charge is 2.11. The maximum absolute atomic E-state index is 12.4. The van der Waals surface area contributed by atoms with Crippen molar-refractivity contribution in [2.24, 2.45) is 0 Å². The number of rotatable bonds is 7. The van der Waals surface area contributed by atoms with Crippen molar-refractivity contribution in [3.8, 4) is 0 Å². The summed E-state index contributed by atoms with van der Waals surface area (Å²) in [6, 6.07) is 16.7. The Kier molecular flexibility index (Phi) is 7.77. The van der Waals surface area contributed by atoms with Crippen molar-refractivity contribution in [3.05, 3.63) is 65.2 Å². The lowest BCUT2D eigenvalue weighted by Crippen LogP contribution is -2.36. The number of amides is 2. The van der Waals surface area contributed by atoms with Gasteiger partial charge in [-0.15, -0.1) is 11.8 Å². The summed E-state index contributed by atoms with van der Waals surface area (Å²) < 4.78 is 5.39. The second-order valence-electron chi connectivity index (χ2n) is 7.07. The summed E-state index contributed by atoms with van der Waals surface area (Å²) in [5.74, 6) is 0. The highest BCUT2D eigenvalue weighted by molar-refractivity contribution is 7.98. The van der Waals surface area contributed by atoms with Crippen molar-refractivity contribution in [1.82, 2.24) is 15.1 Å². The molecule has 0 aromatic heterocycles. The van der Waals surface area contributed by atoms with E-state index in [-0.39, 0.29) is 6.03 Å². The maximum Gasteiger partial charge on any atom is 0.317 e. The predicted molar refractivity (Wildman–Crippen MR) is 114 cm³/mol. The van der Waals surface area contributed by atoms with E-state index in [9.17, 15) is 4.79 Å².